The lowest BCUT2D eigenvalue weighted by atomic mass is 10.00. The topological polar surface area (TPSA) is 0 Å². The van der Waals surface area contributed by atoms with Gasteiger partial charge in [-0.2, -0.15) is 0 Å². The van der Waals surface area contributed by atoms with Gasteiger partial charge in [-0.3, -0.25) is 0 Å². The Hall–Kier alpha value is 1.16. The molecule has 0 heterocycles. The summed E-state index contributed by atoms with van der Waals surface area (Å²) >= 11 is 0. The number of halogens is 1. The molecule has 0 aromatic heterocycles. The van der Waals surface area contributed by atoms with Crippen LogP contribution in [-0.4, -0.2) is 6.16 Å². The zero-order chi connectivity index (χ0) is 10.6. The summed E-state index contributed by atoms with van der Waals surface area (Å²) in [6.07, 6.45) is 14.2. The molecule has 2 atom stereocenters. The van der Waals surface area contributed by atoms with E-state index >= 15 is 0 Å². The Labute approximate surface area is 117 Å². The highest BCUT2D eigenvalue weighted by molar-refractivity contribution is 14.0. The van der Waals surface area contributed by atoms with Crippen molar-refractivity contribution >= 4 is 33.2 Å². The fraction of sp³-hybridized carbons (Fsp3) is 1.00. The lowest BCUT2D eigenvalue weighted by Crippen LogP contribution is -1.95. The van der Waals surface area contributed by atoms with Crippen LogP contribution in [0.3, 0.4) is 0 Å². The number of hydrogen-bond acceptors (Lipinski definition) is 0. The molecule has 15 heavy (non-hydrogen) atoms. The highest BCUT2D eigenvalue weighted by Gasteiger charge is 1.99. The molecule has 0 aliphatic rings. The van der Waals surface area contributed by atoms with Crippen LogP contribution in [0.2, 0.25) is 0 Å². The Balaban J connectivity index is 0. The van der Waals surface area contributed by atoms with Gasteiger partial charge in [-0.1, -0.05) is 65.2 Å². The second-order valence-corrected chi connectivity index (χ2v) is 5.17. The van der Waals surface area contributed by atoms with Crippen LogP contribution in [0, 0.1) is 5.92 Å². The number of hydrogen-bond donors (Lipinski definition) is 0. The van der Waals surface area contributed by atoms with Crippen molar-refractivity contribution in [1.82, 2.24) is 0 Å². The predicted octanol–water partition coefficient (Wildman–Crippen LogP) is 5.65. The van der Waals surface area contributed by atoms with Crippen molar-refractivity contribution in [2.45, 2.75) is 71.6 Å². The van der Waals surface area contributed by atoms with E-state index in [1.54, 1.807) is 0 Å². The first-order valence-corrected chi connectivity index (χ1v) is 7.33. The normalized spacial score (nSPS) is 12.2. The summed E-state index contributed by atoms with van der Waals surface area (Å²) in [5.41, 5.74) is 0. The van der Waals surface area contributed by atoms with Crippen LogP contribution in [0.1, 0.15) is 71.6 Å². The summed E-state index contributed by atoms with van der Waals surface area (Å²) in [6.45, 7) is 4.67. The van der Waals surface area contributed by atoms with Gasteiger partial charge in [0.05, 0.1) is 0 Å². The molecule has 0 bridgehead atoms. The summed E-state index contributed by atoms with van der Waals surface area (Å²) in [7, 11) is 2.83. The minimum absolute atomic E-state index is 0. The minimum atomic E-state index is 0. The fourth-order valence-electron chi connectivity index (χ4n) is 1.88. The van der Waals surface area contributed by atoms with Crippen molar-refractivity contribution in [3.8, 4) is 0 Å². The molecule has 0 amide bonds. The van der Waals surface area contributed by atoms with Crippen LogP contribution in [0.4, 0.5) is 0 Å². The molecule has 0 saturated heterocycles. The quantitative estimate of drug-likeness (QED) is 0.273. The van der Waals surface area contributed by atoms with Gasteiger partial charge in [-0.25, -0.2) is 0 Å². The third kappa shape index (κ3) is 15.2. The van der Waals surface area contributed by atoms with Gasteiger partial charge < -0.3 is 0 Å². The first-order chi connectivity index (χ1) is 6.81. The van der Waals surface area contributed by atoms with E-state index in [1.807, 2.05) is 0 Å². The maximum absolute atomic E-state index is 2.83. The minimum Gasteiger partial charge on any atom is -0.138 e. The summed E-state index contributed by atoms with van der Waals surface area (Å²) in [4.78, 5) is 0. The van der Waals surface area contributed by atoms with E-state index in [1.165, 1.54) is 63.9 Å². The van der Waals surface area contributed by atoms with Gasteiger partial charge in [0.25, 0.3) is 0 Å². The van der Waals surface area contributed by atoms with E-state index in [9.17, 15) is 0 Å². The van der Waals surface area contributed by atoms with Crippen LogP contribution in [-0.2, 0) is 0 Å². The smallest absolute Gasteiger partial charge is 0.0379 e. The number of rotatable bonds is 10. The van der Waals surface area contributed by atoms with E-state index in [2.05, 4.69) is 23.1 Å². The van der Waals surface area contributed by atoms with Crippen molar-refractivity contribution in [3.05, 3.63) is 0 Å². The molecule has 2 heteroatoms. The molecular formula is C13H30IP. The van der Waals surface area contributed by atoms with E-state index in [-0.39, 0.29) is 24.0 Å². The molecule has 0 aromatic carbocycles. The Bertz CT molecular complexity index is 107. The van der Waals surface area contributed by atoms with Gasteiger partial charge in [0.2, 0.25) is 0 Å². The highest BCUT2D eigenvalue weighted by Crippen LogP contribution is 2.15. The van der Waals surface area contributed by atoms with E-state index < -0.39 is 0 Å². The van der Waals surface area contributed by atoms with Crippen LogP contribution in [0.15, 0.2) is 0 Å². The first-order valence-electron chi connectivity index (χ1n) is 6.51. The number of unbranched alkanes of at least 4 members (excludes halogenated alkanes) is 6. The Morgan fingerprint density at radius 1 is 0.867 bits per heavy atom. The molecule has 0 aliphatic carbocycles. The van der Waals surface area contributed by atoms with Crippen molar-refractivity contribution in [2.75, 3.05) is 6.16 Å². The molecule has 0 aliphatic heterocycles. The summed E-state index contributed by atoms with van der Waals surface area (Å²) in [5, 5.41) is 0. The Morgan fingerprint density at radius 2 is 1.40 bits per heavy atom. The average molecular weight is 344 g/mol. The molecular weight excluding hydrogens is 314 g/mol. The molecule has 0 N–H and O–H groups in total. The maximum atomic E-state index is 2.83. The van der Waals surface area contributed by atoms with Gasteiger partial charge >= 0.3 is 0 Å². The van der Waals surface area contributed by atoms with E-state index in [4.69, 9.17) is 0 Å². The second-order valence-electron chi connectivity index (χ2n) is 4.59. The largest absolute Gasteiger partial charge is 0.138 e. The van der Waals surface area contributed by atoms with Gasteiger partial charge in [0.1, 0.15) is 0 Å². The van der Waals surface area contributed by atoms with Gasteiger partial charge in [-0.15, -0.1) is 33.2 Å². The third-order valence-electron chi connectivity index (χ3n) is 2.96. The predicted molar refractivity (Wildman–Crippen MR) is 86.4 cm³/mol. The lowest BCUT2D eigenvalue weighted by Gasteiger charge is -2.08. The van der Waals surface area contributed by atoms with E-state index in [0.29, 0.717) is 0 Å². The fourth-order valence-corrected chi connectivity index (χ4v) is 2.45. The average Bonchev–Trinajstić information content (AvgIpc) is 2.17. The van der Waals surface area contributed by atoms with Gasteiger partial charge in [0.15, 0.2) is 0 Å². The molecule has 0 radical (unpaired) electrons. The van der Waals surface area contributed by atoms with Crippen molar-refractivity contribution in [1.29, 1.82) is 0 Å². The summed E-state index contributed by atoms with van der Waals surface area (Å²) in [6, 6.07) is 0. The summed E-state index contributed by atoms with van der Waals surface area (Å²) in [5.74, 6) is 0.947. The monoisotopic (exact) mass is 344 g/mol. The first kappa shape index (κ1) is 18.5. The maximum Gasteiger partial charge on any atom is -0.0379 e. The van der Waals surface area contributed by atoms with Crippen molar-refractivity contribution < 1.29 is 0 Å². The molecule has 0 aromatic rings. The zero-order valence-corrected chi connectivity index (χ0v) is 14.1. The Kier molecular flexibility index (Phi) is 18.7. The van der Waals surface area contributed by atoms with Crippen LogP contribution >= 0.6 is 33.2 Å². The molecule has 0 rings (SSSR count). The molecule has 0 spiro atoms. The van der Waals surface area contributed by atoms with E-state index in [0.717, 1.165) is 5.92 Å². The lowest BCUT2D eigenvalue weighted by molar-refractivity contribution is 0.473. The molecule has 0 saturated carbocycles. The molecule has 0 nitrogen and oxygen atoms in total. The van der Waals surface area contributed by atoms with Crippen LogP contribution in [0.5, 0.6) is 0 Å². The summed E-state index contributed by atoms with van der Waals surface area (Å²) < 4.78 is 0. The molecule has 94 valence electrons. The van der Waals surface area contributed by atoms with Crippen molar-refractivity contribution in [3.63, 3.8) is 0 Å². The third-order valence-corrected chi connectivity index (χ3v) is 3.29. The van der Waals surface area contributed by atoms with Crippen LogP contribution in [0.25, 0.3) is 0 Å². The molecule has 0 fully saturated rings. The van der Waals surface area contributed by atoms with Gasteiger partial charge in [0, 0.05) is 0 Å². The standard InChI is InChI=1S/C13H29P.HI/c1-3-4-5-6-7-8-9-10-13(2)11-12-14;/h13H,3-12,14H2,1-2H3;1H. The highest BCUT2D eigenvalue weighted by atomic mass is 127. The van der Waals surface area contributed by atoms with Gasteiger partial charge in [-0.05, 0) is 18.5 Å². The van der Waals surface area contributed by atoms with Crippen LogP contribution < -0.4 is 0 Å². The van der Waals surface area contributed by atoms with Crippen molar-refractivity contribution in [2.24, 2.45) is 5.92 Å². The second kappa shape index (κ2) is 15.2. The SMILES string of the molecule is CCCCCCCCCC(C)CCP.I. The Morgan fingerprint density at radius 3 is 1.93 bits per heavy atom. The zero-order valence-electron chi connectivity index (χ0n) is 10.6. The molecule has 2 unspecified atom stereocenters.